The van der Waals surface area contributed by atoms with Crippen molar-refractivity contribution >= 4 is 11.7 Å². The molecule has 1 fully saturated rings. The summed E-state index contributed by atoms with van der Waals surface area (Å²) in [7, 11) is 0. The van der Waals surface area contributed by atoms with E-state index in [0.29, 0.717) is 19.4 Å². The van der Waals surface area contributed by atoms with Crippen LogP contribution < -0.4 is 0 Å². The molecule has 0 saturated heterocycles. The molecule has 1 saturated carbocycles. The molecule has 0 radical (unpaired) electrons. The molecule has 0 heterocycles. The van der Waals surface area contributed by atoms with Crippen LogP contribution in [0.15, 0.2) is 65.8 Å². The van der Waals surface area contributed by atoms with Crippen molar-refractivity contribution in [3.05, 3.63) is 71.8 Å². The maximum atomic E-state index is 12.2. The number of benzene rings is 2. The average Bonchev–Trinajstić information content (AvgIpc) is 2.72. The number of ether oxygens (including phenoxy) is 1. The van der Waals surface area contributed by atoms with Gasteiger partial charge in [0.1, 0.15) is 12.7 Å². The fourth-order valence-electron chi connectivity index (χ4n) is 3.28. The molecule has 0 amide bonds. The van der Waals surface area contributed by atoms with Gasteiger partial charge in [-0.2, -0.15) is 0 Å². The minimum atomic E-state index is -0.145. The predicted octanol–water partition coefficient (Wildman–Crippen LogP) is 5.26. The summed E-state index contributed by atoms with van der Waals surface area (Å²) in [6.07, 6.45) is 6.46. The lowest BCUT2D eigenvalue weighted by Gasteiger charge is -2.21. The molecular weight excluding hydrogens is 338 g/mol. The average molecular weight is 365 g/mol. The van der Waals surface area contributed by atoms with Crippen LogP contribution in [0.3, 0.4) is 0 Å². The molecule has 0 unspecified atom stereocenters. The van der Waals surface area contributed by atoms with Gasteiger partial charge in [0.2, 0.25) is 0 Å². The minimum Gasteiger partial charge on any atom is -0.462 e. The molecule has 4 heteroatoms. The number of nitrogens with zero attached hydrogens (tertiary/aromatic N) is 1. The van der Waals surface area contributed by atoms with Crippen LogP contribution in [0.25, 0.3) is 0 Å². The second-order valence-electron chi connectivity index (χ2n) is 6.91. The van der Waals surface area contributed by atoms with Gasteiger partial charge in [-0.3, -0.25) is 4.79 Å². The highest BCUT2D eigenvalue weighted by atomic mass is 16.6. The molecule has 0 aromatic heterocycles. The number of rotatable bonds is 8. The highest BCUT2D eigenvalue weighted by Gasteiger charge is 2.18. The van der Waals surface area contributed by atoms with Crippen LogP contribution in [0.5, 0.6) is 0 Å². The Morgan fingerprint density at radius 1 is 0.889 bits per heavy atom. The van der Waals surface area contributed by atoms with Crippen molar-refractivity contribution in [3.63, 3.8) is 0 Å². The first-order valence-electron chi connectivity index (χ1n) is 9.79. The molecule has 1 aliphatic rings. The minimum absolute atomic E-state index is 0.0951. The van der Waals surface area contributed by atoms with Gasteiger partial charge < -0.3 is 9.57 Å². The monoisotopic (exact) mass is 365 g/mol. The number of oxime groups is 1. The first-order chi connectivity index (χ1) is 13.3. The van der Waals surface area contributed by atoms with Gasteiger partial charge in [-0.25, -0.2) is 0 Å². The molecule has 142 valence electrons. The fourth-order valence-corrected chi connectivity index (χ4v) is 3.28. The van der Waals surface area contributed by atoms with Gasteiger partial charge in [-0.05, 0) is 36.8 Å². The summed E-state index contributed by atoms with van der Waals surface area (Å²) < 4.78 is 5.62. The Labute approximate surface area is 161 Å². The van der Waals surface area contributed by atoms with Crippen LogP contribution in [-0.2, 0) is 21.0 Å². The van der Waals surface area contributed by atoms with Crippen molar-refractivity contribution in [2.75, 3.05) is 0 Å². The van der Waals surface area contributed by atoms with Crippen LogP contribution in [0.4, 0.5) is 0 Å². The Hall–Kier alpha value is -2.62. The van der Waals surface area contributed by atoms with Gasteiger partial charge in [-0.15, -0.1) is 0 Å². The van der Waals surface area contributed by atoms with E-state index in [4.69, 9.17) is 9.57 Å². The van der Waals surface area contributed by atoms with Gasteiger partial charge in [0, 0.05) is 6.42 Å². The molecule has 2 aromatic carbocycles. The van der Waals surface area contributed by atoms with E-state index in [1.165, 1.54) is 6.42 Å². The molecule has 0 atom stereocenters. The number of esters is 1. The third kappa shape index (κ3) is 6.55. The topological polar surface area (TPSA) is 47.9 Å². The molecular formula is C23H27NO3. The van der Waals surface area contributed by atoms with Gasteiger partial charge in [-0.1, -0.05) is 72.2 Å². The van der Waals surface area contributed by atoms with Crippen LogP contribution in [0.1, 0.15) is 56.1 Å². The summed E-state index contributed by atoms with van der Waals surface area (Å²) in [6, 6.07) is 19.8. The maximum Gasteiger partial charge on any atom is 0.306 e. The lowest BCUT2D eigenvalue weighted by Crippen LogP contribution is -2.21. The molecule has 0 N–H and O–H groups in total. The van der Waals surface area contributed by atoms with E-state index < -0.39 is 0 Å². The number of hydrogen-bond acceptors (Lipinski definition) is 4. The second kappa shape index (κ2) is 10.5. The smallest absolute Gasteiger partial charge is 0.306 e. The van der Waals surface area contributed by atoms with E-state index in [9.17, 15) is 4.79 Å². The Morgan fingerprint density at radius 3 is 2.26 bits per heavy atom. The zero-order valence-corrected chi connectivity index (χ0v) is 15.7. The molecule has 0 aliphatic heterocycles. The Balaban J connectivity index is 1.56. The van der Waals surface area contributed by atoms with Gasteiger partial charge in [0.05, 0.1) is 12.1 Å². The number of carbonyl (C=O) groups excluding carboxylic acids is 1. The largest absolute Gasteiger partial charge is 0.462 e. The molecule has 4 nitrogen and oxygen atoms in total. The summed E-state index contributed by atoms with van der Waals surface area (Å²) in [5.74, 6) is -0.145. The first-order valence-corrected chi connectivity index (χ1v) is 9.79. The molecule has 2 aromatic rings. The van der Waals surface area contributed by atoms with E-state index in [-0.39, 0.29) is 12.1 Å². The standard InChI is InChI=1S/C23H27NO3/c25-23(27-21-14-8-3-9-15-21)17-16-22(20-12-6-2-7-13-20)24-26-18-19-10-4-1-5-11-19/h1-2,4-7,10-13,21H,3,8-9,14-18H2/b24-22+. The maximum absolute atomic E-state index is 12.2. The van der Waals surface area contributed by atoms with E-state index in [1.54, 1.807) is 0 Å². The Morgan fingerprint density at radius 2 is 1.56 bits per heavy atom. The molecule has 1 aliphatic carbocycles. The predicted molar refractivity (Wildman–Crippen MR) is 106 cm³/mol. The quantitative estimate of drug-likeness (QED) is 0.364. The Bertz CT molecular complexity index is 722. The van der Waals surface area contributed by atoms with Gasteiger partial charge >= 0.3 is 5.97 Å². The van der Waals surface area contributed by atoms with Crippen LogP contribution in [0.2, 0.25) is 0 Å². The molecule has 0 spiro atoms. The van der Waals surface area contributed by atoms with Crippen LogP contribution >= 0.6 is 0 Å². The van der Waals surface area contributed by atoms with Gasteiger partial charge in [0.25, 0.3) is 0 Å². The lowest BCUT2D eigenvalue weighted by atomic mass is 9.98. The first kappa shape index (κ1) is 19.2. The highest BCUT2D eigenvalue weighted by Crippen LogP contribution is 2.21. The molecule has 27 heavy (non-hydrogen) atoms. The van der Waals surface area contributed by atoms with Crippen molar-refractivity contribution in [2.45, 2.75) is 57.7 Å². The molecule has 3 rings (SSSR count). The normalized spacial score (nSPS) is 15.3. The lowest BCUT2D eigenvalue weighted by molar-refractivity contribution is -0.150. The number of hydrogen-bond donors (Lipinski definition) is 0. The Kier molecular flexibility index (Phi) is 7.45. The highest BCUT2D eigenvalue weighted by molar-refractivity contribution is 6.01. The number of carbonyl (C=O) groups is 1. The van der Waals surface area contributed by atoms with E-state index >= 15 is 0 Å². The van der Waals surface area contributed by atoms with E-state index in [2.05, 4.69) is 5.16 Å². The second-order valence-corrected chi connectivity index (χ2v) is 6.91. The van der Waals surface area contributed by atoms with Crippen molar-refractivity contribution in [2.24, 2.45) is 5.16 Å². The van der Waals surface area contributed by atoms with Gasteiger partial charge in [0.15, 0.2) is 0 Å². The van der Waals surface area contributed by atoms with E-state index in [0.717, 1.165) is 42.5 Å². The van der Waals surface area contributed by atoms with Crippen LogP contribution in [-0.4, -0.2) is 17.8 Å². The summed E-state index contributed by atoms with van der Waals surface area (Å²) in [4.78, 5) is 17.8. The summed E-state index contributed by atoms with van der Waals surface area (Å²) in [6.45, 7) is 0.406. The van der Waals surface area contributed by atoms with Crippen LogP contribution in [0, 0.1) is 0 Å². The zero-order chi connectivity index (χ0) is 18.7. The molecule has 0 bridgehead atoms. The van der Waals surface area contributed by atoms with Crippen molar-refractivity contribution in [3.8, 4) is 0 Å². The van der Waals surface area contributed by atoms with Crippen molar-refractivity contribution in [1.29, 1.82) is 0 Å². The SMILES string of the molecule is O=C(CC/C(=N\OCc1ccccc1)c1ccccc1)OC1CCCCC1. The third-order valence-electron chi connectivity index (χ3n) is 4.77. The zero-order valence-electron chi connectivity index (χ0n) is 15.7. The fraction of sp³-hybridized carbons (Fsp3) is 0.391. The summed E-state index contributed by atoms with van der Waals surface area (Å²) >= 11 is 0. The summed E-state index contributed by atoms with van der Waals surface area (Å²) in [5.41, 5.74) is 2.80. The van der Waals surface area contributed by atoms with Crippen molar-refractivity contribution in [1.82, 2.24) is 0 Å². The summed E-state index contributed by atoms with van der Waals surface area (Å²) in [5, 5.41) is 4.32. The van der Waals surface area contributed by atoms with E-state index in [1.807, 2.05) is 60.7 Å². The van der Waals surface area contributed by atoms with Crippen molar-refractivity contribution < 1.29 is 14.4 Å². The third-order valence-corrected chi connectivity index (χ3v) is 4.77.